The summed E-state index contributed by atoms with van der Waals surface area (Å²) in [6.07, 6.45) is 1.08. The average Bonchev–Trinajstić information content (AvgIpc) is 2.54. The highest BCUT2D eigenvalue weighted by atomic mass is 16.5. The summed E-state index contributed by atoms with van der Waals surface area (Å²) in [5, 5.41) is 3.42. The van der Waals surface area contributed by atoms with Crippen molar-refractivity contribution in [3.8, 4) is 0 Å². The van der Waals surface area contributed by atoms with Crippen molar-refractivity contribution in [1.82, 2.24) is 0 Å². The minimum atomic E-state index is 0.441. The van der Waals surface area contributed by atoms with E-state index in [2.05, 4.69) is 11.4 Å². The topological polar surface area (TPSA) is 47.3 Å². The molecule has 0 bridgehead atoms. The Morgan fingerprint density at radius 2 is 2.29 bits per heavy atom. The van der Waals surface area contributed by atoms with Crippen LogP contribution < -0.4 is 11.1 Å². The molecule has 1 fully saturated rings. The molecular weight excluding hydrogens is 176 g/mol. The number of nitrogens with one attached hydrogen (secondary N) is 1. The molecular formula is C11H16N2O. The number of hydrogen-bond donors (Lipinski definition) is 2. The van der Waals surface area contributed by atoms with Crippen LogP contribution in [0.3, 0.4) is 0 Å². The molecule has 1 heterocycles. The first-order valence-electron chi connectivity index (χ1n) is 4.95. The fraction of sp³-hybridized carbons (Fsp3) is 0.455. The first-order chi connectivity index (χ1) is 6.74. The molecule has 1 saturated heterocycles. The molecule has 1 aromatic rings. The number of rotatable bonds is 2. The Bertz CT molecular complexity index is 299. The summed E-state index contributed by atoms with van der Waals surface area (Å²) in [6.45, 7) is 3.71. The molecule has 3 nitrogen and oxygen atoms in total. The zero-order valence-electron chi connectivity index (χ0n) is 8.42. The van der Waals surface area contributed by atoms with Crippen molar-refractivity contribution in [2.75, 3.05) is 24.3 Å². The van der Waals surface area contributed by atoms with Gasteiger partial charge in [-0.05, 0) is 37.1 Å². The summed E-state index contributed by atoms with van der Waals surface area (Å²) in [6, 6.07) is 6.48. The van der Waals surface area contributed by atoms with Gasteiger partial charge in [0, 0.05) is 18.0 Å². The third kappa shape index (κ3) is 2.17. The van der Waals surface area contributed by atoms with E-state index in [0.717, 1.165) is 31.0 Å². The van der Waals surface area contributed by atoms with Gasteiger partial charge in [-0.1, -0.05) is 0 Å². The molecule has 1 aliphatic heterocycles. The van der Waals surface area contributed by atoms with E-state index in [1.165, 1.54) is 5.56 Å². The van der Waals surface area contributed by atoms with Crippen LogP contribution in [-0.4, -0.2) is 19.3 Å². The summed E-state index contributed by atoms with van der Waals surface area (Å²) in [5.74, 6) is 0. The number of aryl methyl sites for hydroxylation is 1. The molecule has 14 heavy (non-hydrogen) atoms. The molecule has 0 aromatic heterocycles. The van der Waals surface area contributed by atoms with Crippen molar-refractivity contribution in [2.24, 2.45) is 0 Å². The second kappa shape index (κ2) is 3.88. The van der Waals surface area contributed by atoms with Gasteiger partial charge in [0.2, 0.25) is 0 Å². The largest absolute Gasteiger partial charge is 0.399 e. The van der Waals surface area contributed by atoms with Crippen LogP contribution >= 0.6 is 0 Å². The maximum atomic E-state index is 5.76. The lowest BCUT2D eigenvalue weighted by Crippen LogP contribution is -2.18. The molecule has 2 rings (SSSR count). The van der Waals surface area contributed by atoms with Gasteiger partial charge >= 0.3 is 0 Å². The number of anilines is 2. The van der Waals surface area contributed by atoms with Crippen molar-refractivity contribution in [1.29, 1.82) is 0 Å². The van der Waals surface area contributed by atoms with E-state index < -0.39 is 0 Å². The number of nitrogens with two attached hydrogens (primary N) is 1. The number of hydrogen-bond acceptors (Lipinski definition) is 3. The van der Waals surface area contributed by atoms with Gasteiger partial charge in [0.15, 0.2) is 0 Å². The first kappa shape index (κ1) is 9.34. The fourth-order valence-electron chi connectivity index (χ4n) is 1.78. The average molecular weight is 192 g/mol. The molecule has 1 aliphatic rings. The highest BCUT2D eigenvalue weighted by Crippen LogP contribution is 2.18. The van der Waals surface area contributed by atoms with Gasteiger partial charge < -0.3 is 15.8 Å². The maximum absolute atomic E-state index is 5.76. The zero-order chi connectivity index (χ0) is 9.97. The highest BCUT2D eigenvalue weighted by Gasteiger charge is 2.14. The molecule has 1 atom stereocenters. The van der Waals surface area contributed by atoms with Gasteiger partial charge in [0.05, 0.1) is 12.6 Å². The van der Waals surface area contributed by atoms with Crippen molar-refractivity contribution in [3.63, 3.8) is 0 Å². The predicted molar refractivity (Wildman–Crippen MR) is 58.4 cm³/mol. The highest BCUT2D eigenvalue weighted by molar-refractivity contribution is 5.57. The second-order valence-electron chi connectivity index (χ2n) is 3.84. The molecule has 0 saturated carbocycles. The number of nitrogen functional groups attached to an aromatic ring is 1. The van der Waals surface area contributed by atoms with Crippen LogP contribution in [0.4, 0.5) is 11.4 Å². The smallest absolute Gasteiger partial charge is 0.0668 e. The lowest BCUT2D eigenvalue weighted by Gasteiger charge is -2.13. The normalized spacial score (nSPS) is 21.1. The van der Waals surface area contributed by atoms with Crippen molar-refractivity contribution in [3.05, 3.63) is 23.8 Å². The lowest BCUT2D eigenvalue weighted by molar-refractivity contribution is 0.195. The fourth-order valence-corrected chi connectivity index (χ4v) is 1.78. The van der Waals surface area contributed by atoms with E-state index in [0.29, 0.717) is 6.04 Å². The third-order valence-electron chi connectivity index (χ3n) is 2.40. The van der Waals surface area contributed by atoms with E-state index in [-0.39, 0.29) is 0 Å². The Morgan fingerprint density at radius 3 is 2.93 bits per heavy atom. The quantitative estimate of drug-likeness (QED) is 0.702. The summed E-state index contributed by atoms with van der Waals surface area (Å²) in [5.41, 5.74) is 8.86. The van der Waals surface area contributed by atoms with E-state index in [4.69, 9.17) is 10.5 Å². The summed E-state index contributed by atoms with van der Waals surface area (Å²) >= 11 is 0. The van der Waals surface area contributed by atoms with Crippen LogP contribution in [0, 0.1) is 6.92 Å². The monoisotopic (exact) mass is 192 g/mol. The molecule has 1 unspecified atom stereocenters. The van der Waals surface area contributed by atoms with Crippen LogP contribution in [0.15, 0.2) is 18.2 Å². The summed E-state index contributed by atoms with van der Waals surface area (Å²) in [4.78, 5) is 0. The zero-order valence-corrected chi connectivity index (χ0v) is 8.42. The minimum absolute atomic E-state index is 0.441. The van der Waals surface area contributed by atoms with Crippen LogP contribution in [0.2, 0.25) is 0 Å². The molecule has 3 N–H and O–H groups in total. The predicted octanol–water partition coefficient (Wildman–Crippen LogP) is 1.78. The van der Waals surface area contributed by atoms with Gasteiger partial charge in [0.25, 0.3) is 0 Å². The molecule has 76 valence electrons. The molecule has 0 amide bonds. The minimum Gasteiger partial charge on any atom is -0.399 e. The van der Waals surface area contributed by atoms with Gasteiger partial charge in [-0.2, -0.15) is 0 Å². The number of ether oxygens (including phenoxy) is 1. The standard InChI is InChI=1S/C11H16N2O/c1-8-4-9(12)6-11(5-8)13-10-2-3-14-7-10/h4-6,10,13H,2-3,7,12H2,1H3. The van der Waals surface area contributed by atoms with Gasteiger partial charge in [0.1, 0.15) is 0 Å². The van der Waals surface area contributed by atoms with Crippen LogP contribution in [-0.2, 0) is 4.74 Å². The van der Waals surface area contributed by atoms with Crippen molar-refractivity contribution in [2.45, 2.75) is 19.4 Å². The van der Waals surface area contributed by atoms with E-state index in [9.17, 15) is 0 Å². The molecule has 3 heteroatoms. The Balaban J connectivity index is 2.07. The van der Waals surface area contributed by atoms with Gasteiger partial charge in [-0.3, -0.25) is 0 Å². The Hall–Kier alpha value is -1.22. The van der Waals surface area contributed by atoms with E-state index in [1.807, 2.05) is 19.1 Å². The summed E-state index contributed by atoms with van der Waals surface area (Å²) < 4.78 is 5.30. The molecule has 0 radical (unpaired) electrons. The van der Waals surface area contributed by atoms with Crippen molar-refractivity contribution < 1.29 is 4.74 Å². The molecule has 1 aromatic carbocycles. The molecule has 0 spiro atoms. The Morgan fingerprint density at radius 1 is 1.43 bits per heavy atom. The summed E-state index contributed by atoms with van der Waals surface area (Å²) in [7, 11) is 0. The Labute approximate surface area is 84.3 Å². The SMILES string of the molecule is Cc1cc(N)cc(NC2CCOC2)c1. The van der Waals surface area contributed by atoms with Gasteiger partial charge in [-0.25, -0.2) is 0 Å². The maximum Gasteiger partial charge on any atom is 0.0668 e. The van der Waals surface area contributed by atoms with Crippen LogP contribution in [0.5, 0.6) is 0 Å². The van der Waals surface area contributed by atoms with Crippen LogP contribution in [0.1, 0.15) is 12.0 Å². The van der Waals surface area contributed by atoms with Gasteiger partial charge in [-0.15, -0.1) is 0 Å². The van der Waals surface area contributed by atoms with E-state index >= 15 is 0 Å². The first-order valence-corrected chi connectivity index (χ1v) is 4.95. The second-order valence-corrected chi connectivity index (χ2v) is 3.84. The van der Waals surface area contributed by atoms with E-state index in [1.54, 1.807) is 0 Å². The van der Waals surface area contributed by atoms with Crippen molar-refractivity contribution >= 4 is 11.4 Å². The third-order valence-corrected chi connectivity index (χ3v) is 2.40. The van der Waals surface area contributed by atoms with Crippen LogP contribution in [0.25, 0.3) is 0 Å². The lowest BCUT2D eigenvalue weighted by atomic mass is 10.1. The Kier molecular flexibility index (Phi) is 2.59. The molecule has 0 aliphatic carbocycles. The number of benzene rings is 1.